The van der Waals surface area contributed by atoms with Gasteiger partial charge in [-0.3, -0.25) is 9.59 Å². The van der Waals surface area contributed by atoms with Crippen LogP contribution in [0.5, 0.6) is 0 Å². The molecule has 1 amide bonds. The van der Waals surface area contributed by atoms with Crippen molar-refractivity contribution >= 4 is 11.9 Å². The lowest BCUT2D eigenvalue weighted by Crippen LogP contribution is -2.42. The van der Waals surface area contributed by atoms with Crippen LogP contribution in [0.3, 0.4) is 0 Å². The molecule has 0 bridgehead atoms. The van der Waals surface area contributed by atoms with Gasteiger partial charge in [-0.2, -0.15) is 0 Å². The number of hydrogen-bond acceptors (Lipinski definition) is 2. The van der Waals surface area contributed by atoms with Gasteiger partial charge < -0.3 is 10.0 Å². The van der Waals surface area contributed by atoms with Gasteiger partial charge in [-0.05, 0) is 31.5 Å². The first-order valence-corrected chi connectivity index (χ1v) is 5.98. The van der Waals surface area contributed by atoms with Crippen LogP contribution in [0.1, 0.15) is 25.8 Å². The van der Waals surface area contributed by atoms with E-state index < -0.39 is 11.4 Å². The Morgan fingerprint density at radius 2 is 1.79 bits per heavy atom. The quantitative estimate of drug-likeness (QED) is 0.888. The summed E-state index contributed by atoms with van der Waals surface area (Å²) in [4.78, 5) is 24.2. The minimum Gasteiger partial charge on any atom is -0.481 e. The lowest BCUT2D eigenvalue weighted by Gasteiger charge is -2.29. The van der Waals surface area contributed by atoms with Crippen LogP contribution in [0, 0.1) is 5.82 Å². The number of halogens is 1. The number of carbonyl (C=O) groups excluding carboxylic acids is 1. The van der Waals surface area contributed by atoms with Crippen LogP contribution in [0.2, 0.25) is 0 Å². The first-order chi connectivity index (χ1) is 8.75. The van der Waals surface area contributed by atoms with Crippen molar-refractivity contribution in [2.75, 3.05) is 13.6 Å². The molecule has 1 aromatic rings. The van der Waals surface area contributed by atoms with E-state index in [1.807, 2.05) is 0 Å². The molecular weight excluding hydrogens is 249 g/mol. The number of carboxylic acids is 1. The second kappa shape index (κ2) is 5.82. The van der Waals surface area contributed by atoms with Crippen LogP contribution in [-0.2, 0) is 15.0 Å². The van der Waals surface area contributed by atoms with Gasteiger partial charge in [0.15, 0.2) is 0 Å². The van der Waals surface area contributed by atoms with Gasteiger partial charge in [0.2, 0.25) is 5.91 Å². The number of aliphatic carboxylic acids is 1. The van der Waals surface area contributed by atoms with Crippen molar-refractivity contribution in [2.24, 2.45) is 0 Å². The molecule has 0 unspecified atom stereocenters. The van der Waals surface area contributed by atoms with E-state index in [0.29, 0.717) is 5.56 Å². The highest BCUT2D eigenvalue weighted by Gasteiger charge is 2.32. The number of rotatable bonds is 5. The molecule has 0 aliphatic heterocycles. The third-order valence-electron chi connectivity index (χ3n) is 3.11. The van der Waals surface area contributed by atoms with Crippen molar-refractivity contribution in [3.8, 4) is 0 Å². The molecule has 4 nitrogen and oxygen atoms in total. The van der Waals surface area contributed by atoms with Crippen LogP contribution < -0.4 is 0 Å². The highest BCUT2D eigenvalue weighted by atomic mass is 19.1. The van der Waals surface area contributed by atoms with E-state index in [1.54, 1.807) is 33.0 Å². The van der Waals surface area contributed by atoms with Gasteiger partial charge in [0, 0.05) is 13.6 Å². The molecule has 0 aliphatic carbocycles. The van der Waals surface area contributed by atoms with Crippen LogP contribution in [0.25, 0.3) is 0 Å². The maximum atomic E-state index is 12.9. The highest BCUT2D eigenvalue weighted by Crippen LogP contribution is 2.25. The van der Waals surface area contributed by atoms with E-state index in [2.05, 4.69) is 0 Å². The number of carbonyl (C=O) groups is 2. The van der Waals surface area contributed by atoms with Crippen LogP contribution in [0.4, 0.5) is 4.39 Å². The zero-order valence-electron chi connectivity index (χ0n) is 11.3. The van der Waals surface area contributed by atoms with E-state index in [0.717, 1.165) is 0 Å². The summed E-state index contributed by atoms with van der Waals surface area (Å²) in [5.41, 5.74) is -0.123. The van der Waals surface area contributed by atoms with Crippen LogP contribution in [-0.4, -0.2) is 35.5 Å². The molecule has 0 atom stereocenters. The number of likely N-dealkylation sites (N-methyl/N-ethyl adjacent to an activating group) is 1. The number of benzene rings is 1. The number of hydrogen-bond donors (Lipinski definition) is 1. The summed E-state index contributed by atoms with van der Waals surface area (Å²) in [5.74, 6) is -1.49. The third-order valence-corrected chi connectivity index (χ3v) is 3.11. The molecule has 1 rings (SSSR count). The smallest absolute Gasteiger partial charge is 0.305 e. The summed E-state index contributed by atoms with van der Waals surface area (Å²) in [6, 6.07) is 5.75. The molecule has 19 heavy (non-hydrogen) atoms. The summed E-state index contributed by atoms with van der Waals surface area (Å²) in [6.45, 7) is 3.62. The maximum absolute atomic E-state index is 12.9. The van der Waals surface area contributed by atoms with Crippen molar-refractivity contribution < 1.29 is 19.1 Å². The normalized spacial score (nSPS) is 11.2. The van der Waals surface area contributed by atoms with Gasteiger partial charge in [-0.15, -0.1) is 0 Å². The maximum Gasteiger partial charge on any atom is 0.305 e. The van der Waals surface area contributed by atoms with E-state index in [9.17, 15) is 14.0 Å². The molecule has 0 radical (unpaired) electrons. The summed E-state index contributed by atoms with van der Waals surface area (Å²) in [7, 11) is 1.57. The molecule has 104 valence electrons. The first kappa shape index (κ1) is 15.1. The summed E-state index contributed by atoms with van der Waals surface area (Å²) in [5, 5.41) is 8.61. The lowest BCUT2D eigenvalue weighted by molar-refractivity contribution is -0.139. The van der Waals surface area contributed by atoms with Gasteiger partial charge in [-0.25, -0.2) is 4.39 Å². The zero-order chi connectivity index (χ0) is 14.6. The Balaban J connectivity index is 2.83. The molecule has 0 heterocycles. The third kappa shape index (κ3) is 3.77. The van der Waals surface area contributed by atoms with Crippen molar-refractivity contribution in [1.82, 2.24) is 4.90 Å². The molecule has 0 aromatic heterocycles. The van der Waals surface area contributed by atoms with Crippen molar-refractivity contribution in [2.45, 2.75) is 25.7 Å². The second-order valence-corrected chi connectivity index (χ2v) is 5.00. The summed E-state index contributed by atoms with van der Waals surface area (Å²) < 4.78 is 12.9. The Labute approximate surface area is 111 Å². The second-order valence-electron chi connectivity index (χ2n) is 5.00. The fraction of sp³-hybridized carbons (Fsp3) is 0.429. The van der Waals surface area contributed by atoms with E-state index in [4.69, 9.17) is 5.11 Å². The predicted molar refractivity (Wildman–Crippen MR) is 69.3 cm³/mol. The summed E-state index contributed by atoms with van der Waals surface area (Å²) >= 11 is 0. The fourth-order valence-electron chi connectivity index (χ4n) is 1.83. The monoisotopic (exact) mass is 267 g/mol. The fourth-order valence-corrected chi connectivity index (χ4v) is 1.83. The molecule has 0 saturated carbocycles. The van der Waals surface area contributed by atoms with Gasteiger partial charge in [0.1, 0.15) is 5.82 Å². The van der Waals surface area contributed by atoms with Crippen LogP contribution >= 0.6 is 0 Å². The molecule has 1 N–H and O–H groups in total. The molecule has 5 heteroatoms. The molecule has 0 fully saturated rings. The SMILES string of the molecule is CN(CCC(=O)O)C(=O)C(C)(C)c1ccc(F)cc1. The highest BCUT2D eigenvalue weighted by molar-refractivity contribution is 5.87. The average molecular weight is 267 g/mol. The van der Waals surface area contributed by atoms with Crippen molar-refractivity contribution in [1.29, 1.82) is 0 Å². The molecule has 0 aliphatic rings. The van der Waals surface area contributed by atoms with Crippen molar-refractivity contribution in [3.05, 3.63) is 35.6 Å². The first-order valence-electron chi connectivity index (χ1n) is 5.98. The zero-order valence-corrected chi connectivity index (χ0v) is 11.3. The van der Waals surface area contributed by atoms with Gasteiger partial charge in [0.25, 0.3) is 0 Å². The molecule has 1 aromatic carbocycles. The van der Waals surface area contributed by atoms with E-state index in [1.165, 1.54) is 17.0 Å². The molecular formula is C14H18FNO3. The number of nitrogens with zero attached hydrogens (tertiary/aromatic N) is 1. The number of amides is 1. The number of carboxylic acid groups (broad SMARTS) is 1. The Morgan fingerprint density at radius 1 is 1.26 bits per heavy atom. The summed E-state index contributed by atoms with van der Waals surface area (Å²) in [6.07, 6.45) is -0.0955. The van der Waals surface area contributed by atoms with Gasteiger partial charge >= 0.3 is 5.97 Å². The minimum atomic E-state index is -0.945. The van der Waals surface area contributed by atoms with Crippen molar-refractivity contribution in [3.63, 3.8) is 0 Å². The standard InChI is InChI=1S/C14H18FNO3/c1-14(2,10-4-6-11(15)7-5-10)13(19)16(3)9-8-12(17)18/h4-7H,8-9H2,1-3H3,(H,17,18). The predicted octanol–water partition coefficient (Wildman–Crippen LogP) is 2.04. The van der Waals surface area contributed by atoms with Gasteiger partial charge in [-0.1, -0.05) is 12.1 Å². The van der Waals surface area contributed by atoms with Crippen LogP contribution in [0.15, 0.2) is 24.3 Å². The largest absolute Gasteiger partial charge is 0.481 e. The Morgan fingerprint density at radius 3 is 2.26 bits per heavy atom. The van der Waals surface area contributed by atoms with Gasteiger partial charge in [0.05, 0.1) is 11.8 Å². The lowest BCUT2D eigenvalue weighted by atomic mass is 9.83. The molecule has 0 spiro atoms. The van der Waals surface area contributed by atoms with E-state index in [-0.39, 0.29) is 24.7 Å². The minimum absolute atomic E-state index is 0.0955. The average Bonchev–Trinajstić information content (AvgIpc) is 2.35. The van der Waals surface area contributed by atoms with E-state index >= 15 is 0 Å². The molecule has 0 saturated heterocycles. The topological polar surface area (TPSA) is 57.6 Å². The Bertz CT molecular complexity index is 468. The Kier molecular flexibility index (Phi) is 4.64. The Hall–Kier alpha value is -1.91.